The molecule has 0 saturated heterocycles. The maximum absolute atomic E-state index is 11.1. The monoisotopic (exact) mass is 202 g/mol. The van der Waals surface area contributed by atoms with Crippen LogP contribution in [0.5, 0.6) is 0 Å². The van der Waals surface area contributed by atoms with Crippen LogP contribution in [0, 0.1) is 11.3 Å². The molecule has 3 unspecified atom stereocenters. The molecule has 0 radical (unpaired) electrons. The quantitative estimate of drug-likeness (QED) is 0.651. The van der Waals surface area contributed by atoms with E-state index in [1.807, 2.05) is 0 Å². The van der Waals surface area contributed by atoms with E-state index in [4.69, 9.17) is 0 Å². The minimum Gasteiger partial charge on any atom is -0.303 e. The summed E-state index contributed by atoms with van der Waals surface area (Å²) < 4.78 is 11.0. The van der Waals surface area contributed by atoms with Gasteiger partial charge in [-0.2, -0.15) is 0 Å². The van der Waals surface area contributed by atoms with Crippen LogP contribution in [0.1, 0.15) is 32.6 Å². The van der Waals surface area contributed by atoms with Crippen molar-refractivity contribution in [2.45, 2.75) is 32.6 Å². The van der Waals surface area contributed by atoms with Crippen LogP contribution in [0.3, 0.4) is 0 Å². The molecule has 1 rings (SSSR count). The van der Waals surface area contributed by atoms with Crippen LogP contribution in [0.4, 0.5) is 0 Å². The smallest absolute Gasteiger partial charge is 0.126 e. The molecule has 0 bridgehead atoms. The van der Waals surface area contributed by atoms with Crippen LogP contribution in [0.15, 0.2) is 0 Å². The molecule has 13 heavy (non-hydrogen) atoms. The fraction of sp³-hybridized carbons (Fsp3) is 0.900. The van der Waals surface area contributed by atoms with Gasteiger partial charge in [-0.25, -0.2) is 0 Å². The van der Waals surface area contributed by atoms with E-state index in [2.05, 4.69) is 6.92 Å². The summed E-state index contributed by atoms with van der Waals surface area (Å²) in [4.78, 5) is 11.1. The van der Waals surface area contributed by atoms with Crippen molar-refractivity contribution < 1.29 is 9.00 Å². The Hall–Kier alpha value is -0.180. The Morgan fingerprint density at radius 3 is 2.69 bits per heavy atom. The molecule has 0 aromatic heterocycles. The van der Waals surface area contributed by atoms with Gasteiger partial charge in [-0.15, -0.1) is 0 Å². The number of carbonyl (C=O) groups is 1. The highest BCUT2D eigenvalue weighted by Gasteiger charge is 2.39. The lowest BCUT2D eigenvalue weighted by Crippen LogP contribution is -2.27. The lowest BCUT2D eigenvalue weighted by molar-refractivity contribution is -0.117. The third kappa shape index (κ3) is 2.39. The first-order chi connectivity index (χ1) is 6.10. The second-order valence-corrected chi connectivity index (χ2v) is 5.73. The Bertz CT molecular complexity index is 215. The number of carbonyl (C=O) groups excluding carboxylic acids is 1. The molecule has 2 nitrogen and oxygen atoms in total. The van der Waals surface area contributed by atoms with Crippen molar-refractivity contribution in [2.75, 3.05) is 12.0 Å². The van der Waals surface area contributed by atoms with Gasteiger partial charge >= 0.3 is 0 Å². The van der Waals surface area contributed by atoms with E-state index < -0.39 is 10.8 Å². The van der Waals surface area contributed by atoms with Gasteiger partial charge in [-0.1, -0.05) is 13.3 Å². The van der Waals surface area contributed by atoms with E-state index in [9.17, 15) is 9.00 Å². The summed E-state index contributed by atoms with van der Waals surface area (Å²) >= 11 is 0. The summed E-state index contributed by atoms with van der Waals surface area (Å²) in [5.41, 5.74) is -0.147. The lowest BCUT2D eigenvalue weighted by Gasteiger charge is -2.26. The lowest BCUT2D eigenvalue weighted by atomic mass is 9.78. The Morgan fingerprint density at radius 2 is 2.31 bits per heavy atom. The van der Waals surface area contributed by atoms with Crippen molar-refractivity contribution in [1.29, 1.82) is 0 Å². The highest BCUT2D eigenvalue weighted by molar-refractivity contribution is 7.84. The Balaban J connectivity index is 2.58. The normalized spacial score (nSPS) is 36.0. The fourth-order valence-electron chi connectivity index (χ4n) is 2.21. The van der Waals surface area contributed by atoms with Crippen molar-refractivity contribution in [3.8, 4) is 0 Å². The van der Waals surface area contributed by atoms with Gasteiger partial charge < -0.3 is 4.79 Å². The van der Waals surface area contributed by atoms with E-state index in [1.165, 1.54) is 0 Å². The molecule has 0 aromatic carbocycles. The molecule has 0 aromatic rings. The maximum atomic E-state index is 11.1. The average Bonchev–Trinajstić information content (AvgIpc) is 2.45. The molecule has 3 heteroatoms. The zero-order valence-corrected chi connectivity index (χ0v) is 9.23. The number of aldehydes is 1. The molecular weight excluding hydrogens is 184 g/mol. The third-order valence-electron chi connectivity index (χ3n) is 3.35. The molecule has 0 aliphatic heterocycles. The van der Waals surface area contributed by atoms with E-state index in [0.29, 0.717) is 11.7 Å². The zero-order chi connectivity index (χ0) is 9.90. The van der Waals surface area contributed by atoms with Crippen molar-refractivity contribution in [2.24, 2.45) is 11.3 Å². The molecule has 1 aliphatic rings. The van der Waals surface area contributed by atoms with Crippen molar-refractivity contribution in [3.63, 3.8) is 0 Å². The topological polar surface area (TPSA) is 34.1 Å². The first-order valence-corrected chi connectivity index (χ1v) is 6.60. The summed E-state index contributed by atoms with van der Waals surface area (Å²) in [5, 5.41) is 0. The predicted octanol–water partition coefficient (Wildman–Crippen LogP) is 1.76. The molecular formula is C10H18O2S. The first kappa shape index (κ1) is 10.9. The SMILES string of the molecule is CC1CCCC1(C=O)CCS(C)=O. The Kier molecular flexibility index (Phi) is 3.65. The zero-order valence-electron chi connectivity index (χ0n) is 8.41. The van der Waals surface area contributed by atoms with Crippen LogP contribution in [-0.4, -0.2) is 22.5 Å². The molecule has 1 aliphatic carbocycles. The van der Waals surface area contributed by atoms with Crippen LogP contribution in [0.25, 0.3) is 0 Å². The standard InChI is InChI=1S/C10H18O2S/c1-9-4-3-5-10(9,8-11)6-7-13(2)12/h8-9H,3-7H2,1-2H3. The number of rotatable bonds is 4. The molecule has 0 heterocycles. The van der Waals surface area contributed by atoms with Crippen LogP contribution >= 0.6 is 0 Å². The van der Waals surface area contributed by atoms with Gasteiger partial charge in [-0.3, -0.25) is 4.21 Å². The molecule has 0 amide bonds. The second kappa shape index (κ2) is 4.36. The van der Waals surface area contributed by atoms with Gasteiger partial charge in [0.2, 0.25) is 0 Å². The van der Waals surface area contributed by atoms with E-state index in [1.54, 1.807) is 6.26 Å². The summed E-state index contributed by atoms with van der Waals surface area (Å²) in [6, 6.07) is 0. The van der Waals surface area contributed by atoms with Gasteiger partial charge in [0, 0.05) is 28.2 Å². The van der Waals surface area contributed by atoms with Gasteiger partial charge in [0.15, 0.2) is 0 Å². The van der Waals surface area contributed by atoms with E-state index in [0.717, 1.165) is 32.0 Å². The predicted molar refractivity (Wildman–Crippen MR) is 55.1 cm³/mol. The second-order valence-electron chi connectivity index (χ2n) is 4.17. The summed E-state index contributed by atoms with van der Waals surface area (Å²) in [6.45, 7) is 2.14. The maximum Gasteiger partial charge on any atom is 0.126 e. The molecule has 0 spiro atoms. The van der Waals surface area contributed by atoms with Crippen molar-refractivity contribution in [3.05, 3.63) is 0 Å². The van der Waals surface area contributed by atoms with Gasteiger partial charge in [0.1, 0.15) is 6.29 Å². The van der Waals surface area contributed by atoms with Crippen LogP contribution in [-0.2, 0) is 15.6 Å². The van der Waals surface area contributed by atoms with Gasteiger partial charge in [0.25, 0.3) is 0 Å². The van der Waals surface area contributed by atoms with E-state index >= 15 is 0 Å². The van der Waals surface area contributed by atoms with Crippen LogP contribution in [0.2, 0.25) is 0 Å². The van der Waals surface area contributed by atoms with Gasteiger partial charge in [0.05, 0.1) is 0 Å². The van der Waals surface area contributed by atoms with Crippen LogP contribution < -0.4 is 0 Å². The molecule has 76 valence electrons. The van der Waals surface area contributed by atoms with Crippen molar-refractivity contribution in [1.82, 2.24) is 0 Å². The Morgan fingerprint density at radius 1 is 1.62 bits per heavy atom. The van der Waals surface area contributed by atoms with Crippen molar-refractivity contribution >= 4 is 17.1 Å². The number of hydrogen-bond donors (Lipinski definition) is 0. The first-order valence-electron chi connectivity index (χ1n) is 4.87. The summed E-state index contributed by atoms with van der Waals surface area (Å²) in [7, 11) is -0.763. The van der Waals surface area contributed by atoms with E-state index in [-0.39, 0.29) is 5.41 Å². The summed E-state index contributed by atoms with van der Waals surface area (Å²) in [6.07, 6.45) is 6.91. The third-order valence-corrected chi connectivity index (χ3v) is 4.13. The molecule has 0 N–H and O–H groups in total. The molecule has 1 saturated carbocycles. The highest BCUT2D eigenvalue weighted by Crippen LogP contribution is 2.44. The summed E-state index contributed by atoms with van der Waals surface area (Å²) in [5.74, 6) is 1.15. The Labute approximate surface area is 82.6 Å². The average molecular weight is 202 g/mol. The van der Waals surface area contributed by atoms with Gasteiger partial charge in [-0.05, 0) is 25.2 Å². The largest absolute Gasteiger partial charge is 0.303 e. The highest BCUT2D eigenvalue weighted by atomic mass is 32.2. The minimum absolute atomic E-state index is 0.147. The minimum atomic E-state index is -0.763. The number of hydrogen-bond acceptors (Lipinski definition) is 2. The molecule has 3 atom stereocenters. The fourth-order valence-corrected chi connectivity index (χ4v) is 2.88. The molecule has 1 fully saturated rings.